The van der Waals surface area contributed by atoms with Crippen LogP contribution in [0.1, 0.15) is 23.0 Å². The smallest absolute Gasteiger partial charge is 0.355 e. The molecule has 0 unspecified atom stereocenters. The Labute approximate surface area is 121 Å². The summed E-state index contributed by atoms with van der Waals surface area (Å²) in [5.41, 5.74) is 2.38. The minimum Gasteiger partial charge on any atom is -0.461 e. The molecule has 0 saturated heterocycles. The number of hydrogen-bond donors (Lipinski definition) is 1. The summed E-state index contributed by atoms with van der Waals surface area (Å²) in [4.78, 5) is 27.6. The number of esters is 1. The quantitative estimate of drug-likeness (QED) is 0.735. The highest BCUT2D eigenvalue weighted by Gasteiger charge is 2.20. The average molecular weight is 284 g/mol. The first-order chi connectivity index (χ1) is 10.1. The van der Waals surface area contributed by atoms with E-state index in [0.29, 0.717) is 28.8 Å². The molecule has 0 atom stereocenters. The number of carbonyl (C=O) groups excluding carboxylic acids is 1. The number of carbonyl (C=O) groups is 1. The molecular formula is C16H16N2O3. The highest BCUT2D eigenvalue weighted by atomic mass is 16.5. The second-order valence-electron chi connectivity index (χ2n) is 4.98. The summed E-state index contributed by atoms with van der Waals surface area (Å²) in [7, 11) is 1.74. The number of ether oxygens (including phenoxy) is 1. The zero-order valence-electron chi connectivity index (χ0n) is 12.2. The van der Waals surface area contributed by atoms with Gasteiger partial charge >= 0.3 is 5.97 Å². The van der Waals surface area contributed by atoms with Crippen molar-refractivity contribution in [3.63, 3.8) is 0 Å². The van der Waals surface area contributed by atoms with E-state index in [0.717, 1.165) is 10.9 Å². The number of nitrogens with one attached hydrogen (secondary N) is 1. The number of hydrogen-bond acceptors (Lipinski definition) is 3. The molecule has 0 bridgehead atoms. The van der Waals surface area contributed by atoms with Crippen molar-refractivity contribution in [2.75, 3.05) is 6.61 Å². The van der Waals surface area contributed by atoms with Crippen LogP contribution in [0.15, 0.2) is 29.1 Å². The summed E-state index contributed by atoms with van der Waals surface area (Å²) >= 11 is 0. The van der Waals surface area contributed by atoms with Crippen LogP contribution in [0.2, 0.25) is 0 Å². The molecule has 0 fully saturated rings. The van der Waals surface area contributed by atoms with Crippen molar-refractivity contribution in [2.24, 2.45) is 7.05 Å². The van der Waals surface area contributed by atoms with Gasteiger partial charge in [0.05, 0.1) is 23.0 Å². The number of aryl methyl sites for hydroxylation is 2. The average Bonchev–Trinajstić information content (AvgIpc) is 2.83. The van der Waals surface area contributed by atoms with Crippen molar-refractivity contribution in [2.45, 2.75) is 13.8 Å². The van der Waals surface area contributed by atoms with Crippen molar-refractivity contribution in [3.05, 3.63) is 45.9 Å². The van der Waals surface area contributed by atoms with E-state index in [2.05, 4.69) is 4.98 Å². The van der Waals surface area contributed by atoms with E-state index in [1.54, 1.807) is 25.5 Å². The van der Waals surface area contributed by atoms with Gasteiger partial charge in [-0.1, -0.05) is 18.2 Å². The van der Waals surface area contributed by atoms with Gasteiger partial charge < -0.3 is 14.3 Å². The highest BCUT2D eigenvalue weighted by molar-refractivity contribution is 6.08. The second-order valence-corrected chi connectivity index (χ2v) is 4.98. The maximum absolute atomic E-state index is 12.5. The van der Waals surface area contributed by atoms with Gasteiger partial charge in [0.2, 0.25) is 0 Å². The van der Waals surface area contributed by atoms with Crippen LogP contribution in [-0.4, -0.2) is 22.1 Å². The summed E-state index contributed by atoms with van der Waals surface area (Å²) in [6.45, 7) is 3.82. The molecule has 108 valence electrons. The number of para-hydroxylation sites is 1. The number of benzene rings is 1. The molecule has 5 nitrogen and oxygen atoms in total. The zero-order valence-corrected chi connectivity index (χ0v) is 12.2. The summed E-state index contributed by atoms with van der Waals surface area (Å²) in [5, 5.41) is 1.45. The Morgan fingerprint density at radius 1 is 1.33 bits per heavy atom. The van der Waals surface area contributed by atoms with E-state index in [1.165, 1.54) is 0 Å². The van der Waals surface area contributed by atoms with Gasteiger partial charge in [-0.3, -0.25) is 4.79 Å². The van der Waals surface area contributed by atoms with E-state index in [9.17, 15) is 9.59 Å². The van der Waals surface area contributed by atoms with Crippen LogP contribution in [-0.2, 0) is 11.8 Å². The lowest BCUT2D eigenvalue weighted by molar-refractivity contribution is 0.0520. The van der Waals surface area contributed by atoms with Crippen LogP contribution < -0.4 is 5.56 Å². The van der Waals surface area contributed by atoms with E-state index in [4.69, 9.17) is 4.74 Å². The summed E-state index contributed by atoms with van der Waals surface area (Å²) in [6, 6.07) is 7.61. The number of rotatable bonds is 2. The fourth-order valence-corrected chi connectivity index (χ4v) is 2.73. The number of pyridine rings is 1. The van der Waals surface area contributed by atoms with Crippen LogP contribution >= 0.6 is 0 Å². The summed E-state index contributed by atoms with van der Waals surface area (Å²) in [6.07, 6.45) is 0. The molecule has 0 saturated carbocycles. The lowest BCUT2D eigenvalue weighted by atomic mass is 10.1. The van der Waals surface area contributed by atoms with Crippen molar-refractivity contribution in [1.82, 2.24) is 9.55 Å². The normalized spacial score (nSPS) is 11.2. The van der Waals surface area contributed by atoms with Gasteiger partial charge in [0.15, 0.2) is 0 Å². The minimum atomic E-state index is -0.433. The van der Waals surface area contributed by atoms with Crippen LogP contribution in [0.3, 0.4) is 0 Å². The van der Waals surface area contributed by atoms with Crippen LogP contribution in [0.4, 0.5) is 0 Å². The summed E-state index contributed by atoms with van der Waals surface area (Å²) < 4.78 is 6.65. The molecule has 2 heterocycles. The fraction of sp³-hybridized carbons (Fsp3) is 0.250. The zero-order chi connectivity index (χ0) is 15.1. The molecule has 2 aromatic heterocycles. The van der Waals surface area contributed by atoms with Crippen LogP contribution in [0.25, 0.3) is 21.8 Å². The number of fused-ring (bicyclic) bond motifs is 3. The number of aromatic nitrogens is 2. The third-order valence-corrected chi connectivity index (χ3v) is 3.78. The summed E-state index contributed by atoms with van der Waals surface area (Å²) in [5.74, 6) is -0.433. The Bertz CT molecular complexity index is 919. The Kier molecular flexibility index (Phi) is 3.05. The Morgan fingerprint density at radius 2 is 2.05 bits per heavy atom. The van der Waals surface area contributed by atoms with E-state index in [1.807, 2.05) is 24.3 Å². The molecule has 3 rings (SSSR count). The second kappa shape index (κ2) is 4.77. The highest BCUT2D eigenvalue weighted by Crippen LogP contribution is 2.26. The SMILES string of the molecule is CCOC(=O)c1[nH]c2c(c1C)c(=O)n(C)c1ccccc21. The third-order valence-electron chi connectivity index (χ3n) is 3.78. The Hall–Kier alpha value is -2.56. The largest absolute Gasteiger partial charge is 0.461 e. The Morgan fingerprint density at radius 3 is 2.76 bits per heavy atom. The molecule has 0 aliphatic rings. The molecule has 3 aromatic rings. The maximum Gasteiger partial charge on any atom is 0.355 e. The molecule has 1 N–H and O–H groups in total. The first-order valence-electron chi connectivity index (χ1n) is 6.83. The number of aromatic amines is 1. The van der Waals surface area contributed by atoms with Gasteiger partial charge in [0.1, 0.15) is 5.69 Å². The molecule has 21 heavy (non-hydrogen) atoms. The van der Waals surface area contributed by atoms with E-state index >= 15 is 0 Å². The number of H-pyrrole nitrogens is 1. The first-order valence-corrected chi connectivity index (χ1v) is 6.83. The lowest BCUT2D eigenvalue weighted by Gasteiger charge is -2.05. The van der Waals surface area contributed by atoms with Crippen molar-refractivity contribution < 1.29 is 9.53 Å². The molecular weight excluding hydrogens is 268 g/mol. The molecule has 0 spiro atoms. The van der Waals surface area contributed by atoms with Gasteiger partial charge in [0.25, 0.3) is 5.56 Å². The van der Waals surface area contributed by atoms with Crippen molar-refractivity contribution >= 4 is 27.8 Å². The van der Waals surface area contributed by atoms with Crippen molar-refractivity contribution in [1.29, 1.82) is 0 Å². The topological polar surface area (TPSA) is 64.1 Å². The maximum atomic E-state index is 12.5. The predicted octanol–water partition coefficient (Wildman–Crippen LogP) is 2.50. The van der Waals surface area contributed by atoms with Gasteiger partial charge in [-0.2, -0.15) is 0 Å². The molecule has 5 heteroatoms. The monoisotopic (exact) mass is 284 g/mol. The van der Waals surface area contributed by atoms with Gasteiger partial charge in [0, 0.05) is 12.4 Å². The number of nitrogens with zero attached hydrogens (tertiary/aromatic N) is 1. The first kappa shape index (κ1) is 13.4. The standard InChI is InChI=1S/C16H16N2O3/c1-4-21-16(20)13-9(2)12-14(17-13)10-7-5-6-8-11(10)18(3)15(12)19/h5-8,17H,4H2,1-3H3. The van der Waals surface area contributed by atoms with Crippen LogP contribution in [0, 0.1) is 6.92 Å². The molecule has 0 amide bonds. The van der Waals surface area contributed by atoms with Gasteiger partial charge in [-0.05, 0) is 25.5 Å². The molecule has 1 aromatic carbocycles. The predicted molar refractivity (Wildman–Crippen MR) is 81.7 cm³/mol. The van der Waals surface area contributed by atoms with E-state index in [-0.39, 0.29) is 5.56 Å². The molecule has 0 aliphatic heterocycles. The third kappa shape index (κ3) is 1.85. The Balaban J connectivity index is 2.47. The fourth-order valence-electron chi connectivity index (χ4n) is 2.73. The minimum absolute atomic E-state index is 0.118. The van der Waals surface area contributed by atoms with Gasteiger partial charge in [-0.25, -0.2) is 4.79 Å². The lowest BCUT2D eigenvalue weighted by Crippen LogP contribution is -2.17. The molecule has 0 aliphatic carbocycles. The van der Waals surface area contributed by atoms with Crippen LogP contribution in [0.5, 0.6) is 0 Å². The van der Waals surface area contributed by atoms with Gasteiger partial charge in [-0.15, -0.1) is 0 Å². The van der Waals surface area contributed by atoms with E-state index < -0.39 is 5.97 Å². The molecule has 0 radical (unpaired) electrons. The van der Waals surface area contributed by atoms with Crippen molar-refractivity contribution in [3.8, 4) is 0 Å².